The number of thiophene rings is 1. The van der Waals surface area contributed by atoms with Crippen molar-refractivity contribution in [1.29, 1.82) is 0 Å². The average molecular weight is 408 g/mol. The summed E-state index contributed by atoms with van der Waals surface area (Å²) in [6.07, 6.45) is 0.945. The second-order valence-corrected chi connectivity index (χ2v) is 7.23. The summed E-state index contributed by atoms with van der Waals surface area (Å²) in [4.78, 5) is 1.19. The SMILES string of the molecule is Cc1ccc(I)cc1Cc1csc(-c2ccc(F)cc2)c1. The Morgan fingerprint density at radius 1 is 1.05 bits per heavy atom. The van der Waals surface area contributed by atoms with Gasteiger partial charge in [-0.1, -0.05) is 18.2 Å². The van der Waals surface area contributed by atoms with Crippen molar-refractivity contribution in [2.24, 2.45) is 0 Å². The fourth-order valence-corrected chi connectivity index (χ4v) is 3.76. The van der Waals surface area contributed by atoms with Crippen LogP contribution in [0.5, 0.6) is 0 Å². The van der Waals surface area contributed by atoms with E-state index in [0.29, 0.717) is 0 Å². The molecule has 0 amide bonds. The number of hydrogen-bond acceptors (Lipinski definition) is 1. The zero-order valence-electron chi connectivity index (χ0n) is 11.6. The van der Waals surface area contributed by atoms with Crippen molar-refractivity contribution in [3.05, 3.63) is 80.0 Å². The van der Waals surface area contributed by atoms with Gasteiger partial charge in [0.1, 0.15) is 5.82 Å². The maximum atomic E-state index is 13.0. The third kappa shape index (κ3) is 3.52. The third-order valence-electron chi connectivity index (χ3n) is 3.49. The molecule has 1 aromatic heterocycles. The van der Waals surface area contributed by atoms with Crippen molar-refractivity contribution < 1.29 is 4.39 Å². The number of rotatable bonds is 3. The monoisotopic (exact) mass is 408 g/mol. The van der Waals surface area contributed by atoms with E-state index < -0.39 is 0 Å². The molecule has 0 unspecified atom stereocenters. The van der Waals surface area contributed by atoms with E-state index in [0.717, 1.165) is 12.0 Å². The molecule has 0 aliphatic rings. The first kappa shape index (κ1) is 14.7. The van der Waals surface area contributed by atoms with Crippen LogP contribution in [-0.2, 0) is 6.42 Å². The van der Waals surface area contributed by atoms with E-state index in [1.807, 2.05) is 12.1 Å². The van der Waals surface area contributed by atoms with Gasteiger partial charge >= 0.3 is 0 Å². The molecule has 3 rings (SSSR count). The fourth-order valence-electron chi connectivity index (χ4n) is 2.28. The second kappa shape index (κ2) is 6.28. The molecule has 0 N–H and O–H groups in total. The lowest BCUT2D eigenvalue weighted by molar-refractivity contribution is 0.628. The molecule has 0 radical (unpaired) electrons. The smallest absolute Gasteiger partial charge is 0.123 e. The zero-order valence-corrected chi connectivity index (χ0v) is 14.5. The molecule has 0 saturated carbocycles. The van der Waals surface area contributed by atoms with Crippen molar-refractivity contribution >= 4 is 33.9 Å². The number of aryl methyl sites for hydroxylation is 1. The summed E-state index contributed by atoms with van der Waals surface area (Å²) in [5.41, 5.74) is 5.08. The normalized spacial score (nSPS) is 10.8. The first-order valence-electron chi connectivity index (χ1n) is 6.70. The molecule has 0 bridgehead atoms. The Bertz CT molecular complexity index is 759. The van der Waals surface area contributed by atoms with Crippen LogP contribution >= 0.6 is 33.9 Å². The molecular weight excluding hydrogens is 394 g/mol. The summed E-state index contributed by atoms with van der Waals surface area (Å²) >= 11 is 4.06. The standard InChI is InChI=1S/C18H14FIS/c1-12-2-7-17(20)10-15(12)8-13-9-18(21-11-13)14-3-5-16(19)6-4-14/h2-7,9-11H,8H2,1H3. The molecular formula is C18H14FIS. The van der Waals surface area contributed by atoms with Gasteiger partial charge in [-0.25, -0.2) is 4.39 Å². The topological polar surface area (TPSA) is 0 Å². The van der Waals surface area contributed by atoms with Crippen LogP contribution in [0.4, 0.5) is 4.39 Å². The molecule has 106 valence electrons. The predicted octanol–water partition coefficient (Wildman–Crippen LogP) is 6.06. The Hall–Kier alpha value is -1.20. The van der Waals surface area contributed by atoms with Gasteiger partial charge in [-0.2, -0.15) is 0 Å². The molecule has 21 heavy (non-hydrogen) atoms. The van der Waals surface area contributed by atoms with E-state index in [9.17, 15) is 4.39 Å². The Morgan fingerprint density at radius 2 is 1.81 bits per heavy atom. The van der Waals surface area contributed by atoms with Crippen molar-refractivity contribution in [2.45, 2.75) is 13.3 Å². The van der Waals surface area contributed by atoms with E-state index in [-0.39, 0.29) is 5.82 Å². The minimum Gasteiger partial charge on any atom is -0.207 e. The van der Waals surface area contributed by atoms with Gasteiger partial charge in [-0.15, -0.1) is 11.3 Å². The molecule has 1 heterocycles. The van der Waals surface area contributed by atoms with Crippen LogP contribution in [-0.4, -0.2) is 0 Å². The predicted molar refractivity (Wildman–Crippen MR) is 96.4 cm³/mol. The molecule has 0 aliphatic carbocycles. The van der Waals surface area contributed by atoms with Gasteiger partial charge in [-0.05, 0) is 93.9 Å². The highest BCUT2D eigenvalue weighted by Crippen LogP contribution is 2.29. The zero-order chi connectivity index (χ0) is 14.8. The lowest BCUT2D eigenvalue weighted by Crippen LogP contribution is -1.91. The first-order valence-corrected chi connectivity index (χ1v) is 8.66. The van der Waals surface area contributed by atoms with E-state index in [4.69, 9.17) is 0 Å². The van der Waals surface area contributed by atoms with Gasteiger partial charge in [-0.3, -0.25) is 0 Å². The van der Waals surface area contributed by atoms with E-state index >= 15 is 0 Å². The van der Waals surface area contributed by atoms with E-state index in [1.165, 1.54) is 37.3 Å². The van der Waals surface area contributed by atoms with Gasteiger partial charge in [0.15, 0.2) is 0 Å². The van der Waals surface area contributed by atoms with E-state index in [2.05, 4.69) is 59.2 Å². The maximum absolute atomic E-state index is 13.0. The molecule has 0 nitrogen and oxygen atoms in total. The van der Waals surface area contributed by atoms with E-state index in [1.54, 1.807) is 11.3 Å². The molecule has 0 aliphatic heterocycles. The maximum Gasteiger partial charge on any atom is 0.123 e. The highest BCUT2D eigenvalue weighted by atomic mass is 127. The minimum absolute atomic E-state index is 0.190. The summed E-state index contributed by atoms with van der Waals surface area (Å²) in [5, 5.41) is 2.19. The minimum atomic E-state index is -0.190. The lowest BCUT2D eigenvalue weighted by Gasteiger charge is -2.05. The summed E-state index contributed by atoms with van der Waals surface area (Å²) in [6.45, 7) is 2.15. The van der Waals surface area contributed by atoms with Crippen molar-refractivity contribution in [2.75, 3.05) is 0 Å². The molecule has 0 atom stereocenters. The van der Waals surface area contributed by atoms with Gasteiger partial charge in [0.2, 0.25) is 0 Å². The van der Waals surface area contributed by atoms with Crippen LogP contribution in [0.2, 0.25) is 0 Å². The summed E-state index contributed by atoms with van der Waals surface area (Å²) in [6, 6.07) is 15.4. The van der Waals surface area contributed by atoms with Crippen LogP contribution in [0, 0.1) is 16.3 Å². The van der Waals surface area contributed by atoms with Crippen molar-refractivity contribution in [3.8, 4) is 10.4 Å². The second-order valence-electron chi connectivity index (χ2n) is 5.07. The largest absolute Gasteiger partial charge is 0.207 e. The summed E-state index contributed by atoms with van der Waals surface area (Å²) in [7, 11) is 0. The van der Waals surface area contributed by atoms with Crippen LogP contribution in [0.1, 0.15) is 16.7 Å². The Kier molecular flexibility index (Phi) is 4.40. The van der Waals surface area contributed by atoms with Gasteiger partial charge in [0.05, 0.1) is 0 Å². The first-order chi connectivity index (χ1) is 10.1. The van der Waals surface area contributed by atoms with Crippen molar-refractivity contribution in [3.63, 3.8) is 0 Å². The Morgan fingerprint density at radius 3 is 2.57 bits per heavy atom. The number of halogens is 2. The molecule has 3 heteroatoms. The molecule has 0 spiro atoms. The van der Waals surface area contributed by atoms with Crippen LogP contribution in [0.25, 0.3) is 10.4 Å². The molecule has 0 saturated heterocycles. The highest BCUT2D eigenvalue weighted by molar-refractivity contribution is 14.1. The van der Waals surface area contributed by atoms with Gasteiger partial charge in [0, 0.05) is 8.45 Å². The van der Waals surface area contributed by atoms with Crippen LogP contribution in [0.15, 0.2) is 53.9 Å². The number of benzene rings is 2. The number of hydrogen-bond donors (Lipinski definition) is 0. The van der Waals surface area contributed by atoms with Gasteiger partial charge < -0.3 is 0 Å². The Balaban J connectivity index is 1.85. The van der Waals surface area contributed by atoms with Crippen LogP contribution in [0.3, 0.4) is 0 Å². The van der Waals surface area contributed by atoms with Gasteiger partial charge in [0.25, 0.3) is 0 Å². The quantitative estimate of drug-likeness (QED) is 0.463. The third-order valence-corrected chi connectivity index (χ3v) is 5.19. The van der Waals surface area contributed by atoms with Crippen LogP contribution < -0.4 is 0 Å². The summed E-state index contributed by atoms with van der Waals surface area (Å²) in [5.74, 6) is -0.190. The summed E-state index contributed by atoms with van der Waals surface area (Å²) < 4.78 is 14.2. The fraction of sp³-hybridized carbons (Fsp3) is 0.111. The molecule has 2 aromatic carbocycles. The molecule has 0 fully saturated rings. The Labute approximate surface area is 141 Å². The van der Waals surface area contributed by atoms with Crippen molar-refractivity contribution in [1.82, 2.24) is 0 Å². The average Bonchev–Trinajstić information content (AvgIpc) is 2.92. The lowest BCUT2D eigenvalue weighted by atomic mass is 10.0. The highest BCUT2D eigenvalue weighted by Gasteiger charge is 2.06. The molecule has 3 aromatic rings.